The molecule has 0 bridgehead atoms. The molecule has 1 aromatic rings. The highest BCUT2D eigenvalue weighted by atomic mass is 127. The topological polar surface area (TPSA) is 75.1 Å². The molecule has 0 radical (unpaired) electrons. The fourth-order valence-electron chi connectivity index (χ4n) is 3.38. The molecule has 0 spiro atoms. The van der Waals surface area contributed by atoms with Gasteiger partial charge in [-0.1, -0.05) is 18.2 Å². The molecule has 0 amide bonds. The number of fused-ring (bicyclic) bond motifs is 1. The van der Waals surface area contributed by atoms with Gasteiger partial charge in [0.2, 0.25) is 0 Å². The molecule has 7 heteroatoms. The van der Waals surface area contributed by atoms with E-state index in [1.807, 2.05) is 18.2 Å². The van der Waals surface area contributed by atoms with Crippen LogP contribution in [-0.2, 0) is 11.2 Å². The molecule has 2 aliphatic heterocycles. The van der Waals surface area contributed by atoms with Crippen molar-refractivity contribution in [1.29, 1.82) is 0 Å². The second-order valence-electron chi connectivity index (χ2n) is 6.63. The van der Waals surface area contributed by atoms with Gasteiger partial charge in [0.25, 0.3) is 0 Å². The minimum absolute atomic E-state index is 0. The van der Waals surface area contributed by atoms with Crippen LogP contribution in [0.3, 0.4) is 0 Å². The van der Waals surface area contributed by atoms with Crippen molar-refractivity contribution in [2.45, 2.75) is 25.4 Å². The van der Waals surface area contributed by atoms with Crippen LogP contribution in [0.2, 0.25) is 0 Å². The van der Waals surface area contributed by atoms with Gasteiger partial charge in [-0.3, -0.25) is 4.99 Å². The molecule has 1 saturated heterocycles. The van der Waals surface area contributed by atoms with Gasteiger partial charge in [-0.2, -0.15) is 0 Å². The zero-order chi connectivity index (χ0) is 16.8. The summed E-state index contributed by atoms with van der Waals surface area (Å²) >= 11 is 0. The second-order valence-corrected chi connectivity index (χ2v) is 6.63. The average molecular weight is 461 g/mol. The molecule has 0 aliphatic carbocycles. The molecule has 0 saturated carbocycles. The van der Waals surface area contributed by atoms with Crippen LogP contribution < -0.4 is 15.4 Å². The van der Waals surface area contributed by atoms with E-state index in [1.54, 1.807) is 7.05 Å². The maximum Gasteiger partial charge on any atom is 0.191 e. The van der Waals surface area contributed by atoms with Crippen LogP contribution in [-0.4, -0.2) is 57.1 Å². The van der Waals surface area contributed by atoms with E-state index in [-0.39, 0.29) is 42.1 Å². The first kappa shape index (κ1) is 20.3. The Morgan fingerprint density at radius 1 is 1.36 bits per heavy atom. The van der Waals surface area contributed by atoms with Crippen molar-refractivity contribution in [2.24, 2.45) is 10.4 Å². The number of rotatable bonds is 6. The highest BCUT2D eigenvalue weighted by Crippen LogP contribution is 2.31. The Morgan fingerprint density at radius 3 is 2.88 bits per heavy atom. The number of hydrogen-bond acceptors (Lipinski definition) is 4. The number of aliphatic hydroxyl groups excluding tert-OH is 1. The molecule has 3 N–H and O–H groups in total. The summed E-state index contributed by atoms with van der Waals surface area (Å²) in [5.41, 5.74) is 1.27. The smallest absolute Gasteiger partial charge is 0.191 e. The molecule has 6 nitrogen and oxygen atoms in total. The molecule has 2 heterocycles. The van der Waals surface area contributed by atoms with Crippen LogP contribution in [0.25, 0.3) is 0 Å². The molecule has 1 aromatic carbocycles. The number of ether oxygens (including phenoxy) is 2. The maximum absolute atomic E-state index is 9.30. The molecule has 1 fully saturated rings. The predicted molar refractivity (Wildman–Crippen MR) is 109 cm³/mol. The number of nitrogens with zero attached hydrogens (tertiary/aromatic N) is 1. The Hall–Kier alpha value is -1.06. The summed E-state index contributed by atoms with van der Waals surface area (Å²) < 4.78 is 11.5. The maximum atomic E-state index is 9.30. The summed E-state index contributed by atoms with van der Waals surface area (Å²) in [6.07, 6.45) is 2.76. The number of para-hydroxylation sites is 1. The van der Waals surface area contributed by atoms with Gasteiger partial charge in [0.15, 0.2) is 5.96 Å². The molecule has 140 valence electrons. The minimum Gasteiger partial charge on any atom is -0.488 e. The Balaban J connectivity index is 0.00000225. The molecular weight excluding hydrogens is 433 g/mol. The summed E-state index contributed by atoms with van der Waals surface area (Å²) in [6.45, 7) is 3.10. The molecular formula is C18H28IN3O3. The van der Waals surface area contributed by atoms with E-state index in [1.165, 1.54) is 5.56 Å². The highest BCUT2D eigenvalue weighted by Gasteiger charge is 2.34. The van der Waals surface area contributed by atoms with E-state index in [4.69, 9.17) is 9.47 Å². The van der Waals surface area contributed by atoms with Crippen molar-refractivity contribution in [1.82, 2.24) is 10.6 Å². The second kappa shape index (κ2) is 9.59. The molecule has 2 unspecified atom stereocenters. The number of benzene rings is 1. The van der Waals surface area contributed by atoms with Gasteiger partial charge in [-0.15, -0.1) is 24.0 Å². The van der Waals surface area contributed by atoms with Crippen LogP contribution >= 0.6 is 24.0 Å². The highest BCUT2D eigenvalue weighted by molar-refractivity contribution is 14.0. The Bertz CT molecular complexity index is 551. The lowest BCUT2D eigenvalue weighted by atomic mass is 9.84. The van der Waals surface area contributed by atoms with Crippen molar-refractivity contribution < 1.29 is 14.6 Å². The van der Waals surface area contributed by atoms with Crippen molar-refractivity contribution in [3.63, 3.8) is 0 Å². The summed E-state index contributed by atoms with van der Waals surface area (Å²) in [5, 5.41) is 16.0. The molecule has 25 heavy (non-hydrogen) atoms. The van der Waals surface area contributed by atoms with Gasteiger partial charge in [-0.05, 0) is 24.5 Å². The quantitative estimate of drug-likeness (QED) is 0.341. The van der Waals surface area contributed by atoms with Crippen LogP contribution in [0, 0.1) is 5.41 Å². The van der Waals surface area contributed by atoms with Gasteiger partial charge in [0.1, 0.15) is 11.9 Å². The van der Waals surface area contributed by atoms with Gasteiger partial charge in [0.05, 0.1) is 13.2 Å². The monoisotopic (exact) mass is 461 g/mol. The van der Waals surface area contributed by atoms with Crippen LogP contribution in [0.5, 0.6) is 5.75 Å². The number of hydrogen-bond donors (Lipinski definition) is 3. The number of guanidine groups is 1. The number of aliphatic hydroxyl groups is 1. The SMILES string of the molecule is CN=C(NCC1Cc2ccccc2O1)NCC1(CCO)CCOC1.I. The van der Waals surface area contributed by atoms with E-state index < -0.39 is 0 Å². The summed E-state index contributed by atoms with van der Waals surface area (Å²) in [7, 11) is 1.77. The van der Waals surface area contributed by atoms with E-state index in [0.29, 0.717) is 13.2 Å². The van der Waals surface area contributed by atoms with E-state index in [0.717, 1.165) is 44.1 Å². The predicted octanol–water partition coefficient (Wildman–Crippen LogP) is 1.56. The van der Waals surface area contributed by atoms with Crippen molar-refractivity contribution >= 4 is 29.9 Å². The number of aliphatic imine (C=N–C) groups is 1. The number of nitrogens with one attached hydrogen (secondary N) is 2. The lowest BCUT2D eigenvalue weighted by molar-refractivity contribution is 0.127. The first-order valence-corrected chi connectivity index (χ1v) is 8.62. The largest absolute Gasteiger partial charge is 0.488 e. The van der Waals surface area contributed by atoms with Crippen LogP contribution in [0.15, 0.2) is 29.3 Å². The van der Waals surface area contributed by atoms with Crippen molar-refractivity contribution in [2.75, 3.05) is 40.0 Å². The molecule has 3 rings (SSSR count). The van der Waals surface area contributed by atoms with Gasteiger partial charge >= 0.3 is 0 Å². The van der Waals surface area contributed by atoms with E-state index >= 15 is 0 Å². The number of halogens is 1. The van der Waals surface area contributed by atoms with Gasteiger partial charge < -0.3 is 25.2 Å². The van der Waals surface area contributed by atoms with Crippen LogP contribution in [0.4, 0.5) is 0 Å². The van der Waals surface area contributed by atoms with Gasteiger partial charge in [0, 0.05) is 38.6 Å². The zero-order valence-corrected chi connectivity index (χ0v) is 17.0. The van der Waals surface area contributed by atoms with Crippen molar-refractivity contribution in [3.05, 3.63) is 29.8 Å². The molecule has 2 aliphatic rings. The van der Waals surface area contributed by atoms with Gasteiger partial charge in [-0.25, -0.2) is 0 Å². The molecule has 0 aromatic heterocycles. The third-order valence-electron chi connectivity index (χ3n) is 4.89. The fraction of sp³-hybridized carbons (Fsp3) is 0.611. The summed E-state index contributed by atoms with van der Waals surface area (Å²) in [6, 6.07) is 8.17. The lowest BCUT2D eigenvalue weighted by Gasteiger charge is -2.28. The molecule has 2 atom stereocenters. The fourth-order valence-corrected chi connectivity index (χ4v) is 3.38. The first-order valence-electron chi connectivity index (χ1n) is 8.62. The van der Waals surface area contributed by atoms with Crippen molar-refractivity contribution in [3.8, 4) is 5.75 Å². The summed E-state index contributed by atoms with van der Waals surface area (Å²) in [5.74, 6) is 1.75. The Morgan fingerprint density at radius 2 is 2.20 bits per heavy atom. The summed E-state index contributed by atoms with van der Waals surface area (Å²) in [4.78, 5) is 4.29. The van der Waals surface area contributed by atoms with E-state index in [2.05, 4.69) is 21.7 Å². The lowest BCUT2D eigenvalue weighted by Crippen LogP contribution is -2.46. The third-order valence-corrected chi connectivity index (χ3v) is 4.89. The normalized spacial score (nSPS) is 25.0. The standard InChI is InChI=1S/C18H27N3O3.HI/c1-19-17(21-12-18(6-8-22)7-9-23-13-18)20-11-15-10-14-4-2-3-5-16(14)24-15;/h2-5,15,22H,6-13H2,1H3,(H2,19,20,21);1H. The Labute approximate surface area is 166 Å². The Kier molecular flexibility index (Phi) is 7.77. The third kappa shape index (κ3) is 5.21. The van der Waals surface area contributed by atoms with E-state index in [9.17, 15) is 5.11 Å². The average Bonchev–Trinajstić information content (AvgIpc) is 3.22. The first-order chi connectivity index (χ1) is 11.7. The van der Waals surface area contributed by atoms with Crippen LogP contribution in [0.1, 0.15) is 18.4 Å². The zero-order valence-electron chi connectivity index (χ0n) is 14.7. The minimum atomic E-state index is 0.